The highest BCUT2D eigenvalue weighted by atomic mass is 79.9. The Labute approximate surface area is 187 Å². The van der Waals surface area contributed by atoms with Crippen LogP contribution in [0.4, 0.5) is 0 Å². The first-order valence-corrected chi connectivity index (χ1v) is 10.2. The molecule has 0 bridgehead atoms. The summed E-state index contributed by atoms with van der Waals surface area (Å²) in [5.74, 6) is 0.346. The zero-order valence-corrected chi connectivity index (χ0v) is 17.9. The molecule has 5 nitrogen and oxygen atoms in total. The minimum absolute atomic E-state index is 0.00391. The van der Waals surface area contributed by atoms with Crippen molar-refractivity contribution in [2.45, 2.75) is 12.5 Å². The van der Waals surface area contributed by atoms with Gasteiger partial charge < -0.3 is 20.3 Å². The molecule has 150 valence electrons. The number of hydrogen-bond acceptors (Lipinski definition) is 5. The highest BCUT2D eigenvalue weighted by molar-refractivity contribution is 9.10. The average molecular weight is 484 g/mol. The third kappa shape index (κ3) is 3.82. The molecule has 0 saturated carbocycles. The summed E-state index contributed by atoms with van der Waals surface area (Å²) in [6.07, 6.45) is 0. The zero-order chi connectivity index (χ0) is 21.3. The summed E-state index contributed by atoms with van der Waals surface area (Å²) in [6.45, 7) is 0.309. The molecule has 0 radical (unpaired) electrons. The molecule has 0 saturated heterocycles. The Bertz CT molecular complexity index is 1190. The predicted octanol–water partition coefficient (Wildman–Crippen LogP) is 5.61. The number of phenols is 1. The van der Waals surface area contributed by atoms with Crippen LogP contribution in [0, 0.1) is 11.3 Å². The SMILES string of the molecule is N#CC1=C(N)Oc2cccc(O)c2[C@H]1c1cc(Br)ccc1OCc1ccc(Cl)cc1. The number of nitrogens with two attached hydrogens (primary N) is 1. The number of nitriles is 1. The van der Waals surface area contributed by atoms with E-state index in [1.807, 2.05) is 30.3 Å². The van der Waals surface area contributed by atoms with E-state index in [0.29, 0.717) is 34.3 Å². The van der Waals surface area contributed by atoms with Crippen molar-refractivity contribution in [2.24, 2.45) is 5.73 Å². The van der Waals surface area contributed by atoms with Gasteiger partial charge in [0.05, 0.1) is 5.92 Å². The van der Waals surface area contributed by atoms with Gasteiger partial charge >= 0.3 is 0 Å². The van der Waals surface area contributed by atoms with Gasteiger partial charge in [0.15, 0.2) is 0 Å². The minimum atomic E-state index is -0.641. The van der Waals surface area contributed by atoms with E-state index in [4.69, 9.17) is 26.8 Å². The van der Waals surface area contributed by atoms with Crippen LogP contribution < -0.4 is 15.2 Å². The molecule has 4 rings (SSSR count). The third-order valence-electron chi connectivity index (χ3n) is 4.82. The van der Waals surface area contributed by atoms with Crippen LogP contribution in [0.2, 0.25) is 5.02 Å². The molecular weight excluding hydrogens is 468 g/mol. The Morgan fingerprint density at radius 2 is 1.93 bits per heavy atom. The fourth-order valence-corrected chi connectivity index (χ4v) is 3.93. The number of fused-ring (bicyclic) bond motifs is 1. The molecule has 0 aromatic heterocycles. The van der Waals surface area contributed by atoms with Gasteiger partial charge in [-0.05, 0) is 48.0 Å². The van der Waals surface area contributed by atoms with Crippen LogP contribution in [-0.4, -0.2) is 5.11 Å². The lowest BCUT2D eigenvalue weighted by Crippen LogP contribution is -2.21. The van der Waals surface area contributed by atoms with Crippen molar-refractivity contribution in [2.75, 3.05) is 0 Å². The molecule has 0 fully saturated rings. The second-order valence-corrected chi connectivity index (χ2v) is 8.06. The van der Waals surface area contributed by atoms with Gasteiger partial charge in [-0.25, -0.2) is 0 Å². The zero-order valence-electron chi connectivity index (χ0n) is 15.6. The number of aromatic hydroxyl groups is 1. The van der Waals surface area contributed by atoms with Crippen molar-refractivity contribution in [3.63, 3.8) is 0 Å². The van der Waals surface area contributed by atoms with Gasteiger partial charge in [0.2, 0.25) is 5.88 Å². The number of nitrogens with zero attached hydrogens (tertiary/aromatic N) is 1. The molecule has 3 aromatic rings. The van der Waals surface area contributed by atoms with Crippen LogP contribution in [-0.2, 0) is 6.61 Å². The molecule has 0 unspecified atom stereocenters. The van der Waals surface area contributed by atoms with Gasteiger partial charge in [-0.15, -0.1) is 0 Å². The molecule has 1 heterocycles. The van der Waals surface area contributed by atoms with Crippen molar-refractivity contribution < 1.29 is 14.6 Å². The summed E-state index contributed by atoms with van der Waals surface area (Å²) in [6, 6.07) is 19.9. The van der Waals surface area contributed by atoms with Crippen LogP contribution in [0.1, 0.15) is 22.6 Å². The Kier molecular flexibility index (Phi) is 5.58. The van der Waals surface area contributed by atoms with E-state index < -0.39 is 5.92 Å². The maximum atomic E-state index is 10.6. The number of ether oxygens (including phenoxy) is 2. The van der Waals surface area contributed by atoms with Crippen LogP contribution >= 0.6 is 27.5 Å². The second-order valence-electron chi connectivity index (χ2n) is 6.71. The number of phenolic OH excluding ortho intramolecular Hbond substituents is 1. The molecule has 30 heavy (non-hydrogen) atoms. The number of halogens is 2. The van der Waals surface area contributed by atoms with Crippen LogP contribution in [0.3, 0.4) is 0 Å². The van der Waals surface area contributed by atoms with Gasteiger partial charge in [0.1, 0.15) is 35.5 Å². The molecule has 3 aromatic carbocycles. The van der Waals surface area contributed by atoms with Crippen LogP contribution in [0.25, 0.3) is 0 Å². The molecule has 3 N–H and O–H groups in total. The lowest BCUT2D eigenvalue weighted by Gasteiger charge is -2.28. The maximum absolute atomic E-state index is 10.6. The first kappa shape index (κ1) is 20.1. The fraction of sp³-hybridized carbons (Fsp3) is 0.0870. The first-order valence-electron chi connectivity index (χ1n) is 9.04. The molecular formula is C23H16BrClN2O3. The number of allylic oxidation sites excluding steroid dienone is 1. The number of hydrogen-bond donors (Lipinski definition) is 2. The fourth-order valence-electron chi connectivity index (χ4n) is 3.42. The molecule has 7 heteroatoms. The Morgan fingerprint density at radius 3 is 2.67 bits per heavy atom. The summed E-state index contributed by atoms with van der Waals surface area (Å²) in [7, 11) is 0. The van der Waals surface area contributed by atoms with Gasteiger partial charge in [0, 0.05) is 20.6 Å². The molecule has 1 aliphatic heterocycles. The standard InChI is InChI=1S/C23H16BrClN2O3/c24-14-6-9-19(29-12-13-4-7-15(25)8-5-13)16(10-14)21-17(11-26)23(27)30-20-3-1-2-18(28)22(20)21/h1-10,21,28H,12,27H2/t21-/m0/s1. The van der Waals surface area contributed by atoms with Crippen LogP contribution in [0.5, 0.6) is 17.2 Å². The summed E-state index contributed by atoms with van der Waals surface area (Å²) >= 11 is 9.44. The van der Waals surface area contributed by atoms with E-state index in [1.54, 1.807) is 30.3 Å². The van der Waals surface area contributed by atoms with Gasteiger partial charge in [0.25, 0.3) is 0 Å². The first-order chi connectivity index (χ1) is 14.5. The largest absolute Gasteiger partial charge is 0.507 e. The quantitative estimate of drug-likeness (QED) is 0.504. The maximum Gasteiger partial charge on any atom is 0.205 e. The molecule has 1 aliphatic rings. The van der Waals surface area contributed by atoms with Crippen molar-refractivity contribution in [3.8, 4) is 23.3 Å². The third-order valence-corrected chi connectivity index (χ3v) is 5.56. The average Bonchev–Trinajstić information content (AvgIpc) is 2.73. The summed E-state index contributed by atoms with van der Waals surface area (Å²) in [4.78, 5) is 0. The highest BCUT2D eigenvalue weighted by Crippen LogP contribution is 2.48. The lowest BCUT2D eigenvalue weighted by atomic mass is 9.82. The minimum Gasteiger partial charge on any atom is -0.507 e. The Morgan fingerprint density at radius 1 is 1.17 bits per heavy atom. The van der Waals surface area contributed by atoms with Gasteiger partial charge in [-0.3, -0.25) is 0 Å². The molecule has 0 aliphatic carbocycles. The summed E-state index contributed by atoms with van der Waals surface area (Å²) in [5, 5.41) is 21.0. The van der Waals surface area contributed by atoms with Crippen LogP contribution in [0.15, 0.2) is 76.6 Å². The van der Waals surface area contributed by atoms with E-state index in [1.165, 1.54) is 0 Å². The van der Waals surface area contributed by atoms with E-state index in [-0.39, 0.29) is 17.2 Å². The summed E-state index contributed by atoms with van der Waals surface area (Å²) in [5.41, 5.74) is 8.34. The van der Waals surface area contributed by atoms with Crippen molar-refractivity contribution in [3.05, 3.63) is 98.3 Å². The van der Waals surface area contributed by atoms with E-state index in [9.17, 15) is 10.4 Å². The Balaban J connectivity index is 1.80. The van der Waals surface area contributed by atoms with Crippen molar-refractivity contribution in [1.82, 2.24) is 0 Å². The van der Waals surface area contributed by atoms with E-state index in [2.05, 4.69) is 22.0 Å². The second kappa shape index (κ2) is 8.31. The lowest BCUT2D eigenvalue weighted by molar-refractivity contribution is 0.301. The normalized spacial score (nSPS) is 15.2. The van der Waals surface area contributed by atoms with Gasteiger partial charge in [-0.2, -0.15) is 5.26 Å². The molecule has 0 spiro atoms. The molecule has 1 atom stereocenters. The van der Waals surface area contributed by atoms with E-state index >= 15 is 0 Å². The van der Waals surface area contributed by atoms with Crippen molar-refractivity contribution in [1.29, 1.82) is 5.26 Å². The number of benzene rings is 3. The molecule has 0 amide bonds. The Hall–Kier alpha value is -3.14. The van der Waals surface area contributed by atoms with E-state index in [0.717, 1.165) is 10.0 Å². The highest BCUT2D eigenvalue weighted by Gasteiger charge is 2.34. The topological polar surface area (TPSA) is 88.5 Å². The summed E-state index contributed by atoms with van der Waals surface area (Å²) < 4.78 is 12.5. The van der Waals surface area contributed by atoms with Gasteiger partial charge in [-0.1, -0.05) is 45.7 Å². The predicted molar refractivity (Wildman–Crippen MR) is 117 cm³/mol. The monoisotopic (exact) mass is 482 g/mol. The van der Waals surface area contributed by atoms with Crippen molar-refractivity contribution >= 4 is 27.5 Å². The smallest absolute Gasteiger partial charge is 0.205 e. The number of rotatable bonds is 4.